The second-order valence-electron chi connectivity index (χ2n) is 8.09. The van der Waals surface area contributed by atoms with Crippen LogP contribution in [0.5, 0.6) is 0 Å². The van der Waals surface area contributed by atoms with Crippen molar-refractivity contribution in [1.82, 2.24) is 0 Å². The molecule has 0 aliphatic rings. The van der Waals surface area contributed by atoms with Crippen LogP contribution in [0.3, 0.4) is 0 Å². The number of rotatable bonds is 3. The fourth-order valence-electron chi connectivity index (χ4n) is 4.73. The van der Waals surface area contributed by atoms with E-state index in [0.29, 0.717) is 0 Å². The quantitative estimate of drug-likeness (QED) is 0.271. The Kier molecular flexibility index (Phi) is 8.44. The standard InChI is InChI=1S/C26H28.2CH3.Zr/c1-15-7-9-17(3)25-21(19(5)13-23(15)25)11-12-22-20(6)14-24-16(2)8-10-18(4)26(22)24;;;/h7-10,13-14H,11-12H2,1-6H3;2*1H3;/q-2;2*-1;+4. The summed E-state index contributed by atoms with van der Waals surface area (Å²) in [5.74, 6) is 0. The van der Waals surface area contributed by atoms with E-state index in [0.717, 1.165) is 12.8 Å². The zero-order valence-corrected chi connectivity index (χ0v) is 21.8. The summed E-state index contributed by atoms with van der Waals surface area (Å²) in [4.78, 5) is 0. The molecule has 1 heteroatoms. The molecule has 0 fully saturated rings. The van der Waals surface area contributed by atoms with E-state index < -0.39 is 0 Å². The van der Waals surface area contributed by atoms with E-state index in [1.165, 1.54) is 54.9 Å². The molecule has 0 nitrogen and oxygen atoms in total. The maximum absolute atomic E-state index is 2.39. The summed E-state index contributed by atoms with van der Waals surface area (Å²) in [5.41, 5.74) is 11.6. The fourth-order valence-corrected chi connectivity index (χ4v) is 4.73. The normalized spacial score (nSPS) is 10.6. The second-order valence-corrected chi connectivity index (χ2v) is 8.09. The molecule has 150 valence electrons. The van der Waals surface area contributed by atoms with E-state index in [4.69, 9.17) is 0 Å². The molecule has 0 heterocycles. The molecule has 29 heavy (non-hydrogen) atoms. The predicted molar refractivity (Wildman–Crippen MR) is 128 cm³/mol. The van der Waals surface area contributed by atoms with Gasteiger partial charge in [0.15, 0.2) is 0 Å². The van der Waals surface area contributed by atoms with E-state index in [9.17, 15) is 0 Å². The molecule has 0 atom stereocenters. The van der Waals surface area contributed by atoms with Gasteiger partial charge >= 0.3 is 26.2 Å². The summed E-state index contributed by atoms with van der Waals surface area (Å²) in [6, 6.07) is 13.8. The Labute approximate surface area is 197 Å². The molecule has 4 aromatic carbocycles. The summed E-state index contributed by atoms with van der Waals surface area (Å²) < 4.78 is 0. The van der Waals surface area contributed by atoms with Gasteiger partial charge in [0.25, 0.3) is 0 Å². The fraction of sp³-hybridized carbons (Fsp3) is 0.286. The number of hydrogen-bond acceptors (Lipinski definition) is 0. The first-order chi connectivity index (χ1) is 12.4. The van der Waals surface area contributed by atoms with Crippen LogP contribution < -0.4 is 0 Å². The SMILES string of the molecule is Cc1[cH-]c2c(C)ccc(C)c2c1CCc1c(C)[cH-]c2c(C)ccc(C)c12.[CH3-].[CH3-].[Zr+4]. The Morgan fingerprint density at radius 3 is 1.21 bits per heavy atom. The predicted octanol–water partition coefficient (Wildman–Crippen LogP) is 7.96. The Bertz CT molecular complexity index is 1040. The zero-order valence-electron chi connectivity index (χ0n) is 19.4. The Morgan fingerprint density at radius 1 is 0.552 bits per heavy atom. The van der Waals surface area contributed by atoms with Crippen LogP contribution in [-0.2, 0) is 39.0 Å². The number of hydrogen-bond donors (Lipinski definition) is 0. The van der Waals surface area contributed by atoms with Crippen LogP contribution in [0.25, 0.3) is 21.5 Å². The van der Waals surface area contributed by atoms with E-state index in [1.54, 1.807) is 11.1 Å². The van der Waals surface area contributed by atoms with Crippen molar-refractivity contribution in [1.29, 1.82) is 0 Å². The van der Waals surface area contributed by atoms with Gasteiger partial charge in [0.05, 0.1) is 0 Å². The zero-order chi connectivity index (χ0) is 18.6. The maximum Gasteiger partial charge on any atom is 4.00 e. The minimum atomic E-state index is 0. The van der Waals surface area contributed by atoms with Crippen molar-refractivity contribution >= 4 is 21.5 Å². The molecule has 4 rings (SSSR count). The molecule has 0 aliphatic carbocycles. The van der Waals surface area contributed by atoms with Crippen LogP contribution in [-0.4, -0.2) is 0 Å². The molecule has 0 saturated carbocycles. The molecule has 0 amide bonds. The molecule has 0 radical (unpaired) electrons. The van der Waals surface area contributed by atoms with Gasteiger partial charge in [-0.1, -0.05) is 63.8 Å². The molecule has 0 N–H and O–H groups in total. The van der Waals surface area contributed by atoms with Gasteiger partial charge in [-0.3, -0.25) is 0 Å². The molecule has 0 aromatic heterocycles. The van der Waals surface area contributed by atoms with Crippen molar-refractivity contribution in [2.24, 2.45) is 0 Å². The van der Waals surface area contributed by atoms with Gasteiger partial charge < -0.3 is 14.9 Å². The van der Waals surface area contributed by atoms with E-state index in [1.807, 2.05) is 0 Å². The first kappa shape index (κ1) is 25.6. The molecular formula is C28H34Zr. The largest absolute Gasteiger partial charge is 4.00 e. The third kappa shape index (κ3) is 4.22. The van der Waals surface area contributed by atoms with Gasteiger partial charge in [-0.25, -0.2) is 0 Å². The second kappa shape index (κ2) is 9.57. The molecule has 0 bridgehead atoms. The third-order valence-corrected chi connectivity index (χ3v) is 6.25. The van der Waals surface area contributed by atoms with Crippen LogP contribution in [0.15, 0.2) is 36.4 Å². The van der Waals surface area contributed by atoms with E-state index in [-0.39, 0.29) is 41.1 Å². The van der Waals surface area contributed by atoms with Gasteiger partial charge in [0.1, 0.15) is 0 Å². The average Bonchev–Trinajstić information content (AvgIpc) is 3.11. The molecule has 0 spiro atoms. The Balaban J connectivity index is 0.00000140. The Hall–Kier alpha value is -1.46. The number of benzene rings is 2. The summed E-state index contributed by atoms with van der Waals surface area (Å²) in [7, 11) is 0. The summed E-state index contributed by atoms with van der Waals surface area (Å²) >= 11 is 0. The smallest absolute Gasteiger partial charge is 0.358 e. The molecular weight excluding hydrogens is 428 g/mol. The van der Waals surface area contributed by atoms with Gasteiger partial charge in [0, 0.05) is 0 Å². The topological polar surface area (TPSA) is 0 Å². The average molecular weight is 462 g/mol. The minimum Gasteiger partial charge on any atom is -0.358 e. The van der Waals surface area contributed by atoms with Crippen molar-refractivity contribution in [3.8, 4) is 0 Å². The Morgan fingerprint density at radius 2 is 0.862 bits per heavy atom. The van der Waals surface area contributed by atoms with Crippen LogP contribution in [0.2, 0.25) is 0 Å². The first-order valence-corrected chi connectivity index (χ1v) is 9.68. The molecule has 0 aliphatic heterocycles. The summed E-state index contributed by atoms with van der Waals surface area (Å²) in [6.45, 7) is 13.5. The number of aryl methyl sites for hydroxylation is 8. The maximum atomic E-state index is 2.39. The van der Waals surface area contributed by atoms with E-state index in [2.05, 4.69) is 77.9 Å². The molecule has 4 aromatic rings. The van der Waals surface area contributed by atoms with Crippen LogP contribution >= 0.6 is 0 Å². The first-order valence-electron chi connectivity index (χ1n) is 9.68. The van der Waals surface area contributed by atoms with Crippen LogP contribution in [0.1, 0.15) is 44.5 Å². The van der Waals surface area contributed by atoms with Gasteiger partial charge in [-0.05, 0) is 13.8 Å². The van der Waals surface area contributed by atoms with Crippen molar-refractivity contribution < 1.29 is 26.2 Å². The number of fused-ring (bicyclic) bond motifs is 2. The van der Waals surface area contributed by atoms with E-state index >= 15 is 0 Å². The van der Waals surface area contributed by atoms with Gasteiger partial charge in [-0.15, -0.1) is 68.1 Å². The van der Waals surface area contributed by atoms with Crippen molar-refractivity contribution in [2.45, 2.75) is 54.4 Å². The van der Waals surface area contributed by atoms with Crippen molar-refractivity contribution in [3.63, 3.8) is 0 Å². The van der Waals surface area contributed by atoms with Crippen molar-refractivity contribution in [2.75, 3.05) is 0 Å². The monoisotopic (exact) mass is 460 g/mol. The molecule has 0 unspecified atom stereocenters. The third-order valence-electron chi connectivity index (χ3n) is 6.25. The van der Waals surface area contributed by atoms with Gasteiger partial charge in [0.2, 0.25) is 0 Å². The van der Waals surface area contributed by atoms with Gasteiger partial charge in [-0.2, -0.15) is 11.1 Å². The van der Waals surface area contributed by atoms with Crippen LogP contribution in [0, 0.1) is 56.4 Å². The van der Waals surface area contributed by atoms with Crippen LogP contribution in [0.4, 0.5) is 0 Å². The minimum absolute atomic E-state index is 0. The summed E-state index contributed by atoms with van der Waals surface area (Å²) in [6.07, 6.45) is 2.24. The van der Waals surface area contributed by atoms with Crippen molar-refractivity contribution in [3.05, 3.63) is 95.8 Å². The summed E-state index contributed by atoms with van der Waals surface area (Å²) in [5, 5.41) is 5.86. The molecule has 0 saturated heterocycles.